The van der Waals surface area contributed by atoms with E-state index in [2.05, 4.69) is 31.9 Å². The molecule has 0 heterocycles. The fraction of sp³-hybridized carbons (Fsp3) is 0.111. The lowest BCUT2D eigenvalue weighted by Crippen LogP contribution is -1.96. The van der Waals surface area contributed by atoms with Gasteiger partial charge in [0.1, 0.15) is 12.4 Å². The van der Waals surface area contributed by atoms with Gasteiger partial charge in [0.05, 0.1) is 8.95 Å². The molecule has 0 radical (unpaired) electrons. The fourth-order valence-electron chi connectivity index (χ4n) is 0.885. The molecular weight excluding hydrogens is 333 g/mol. The summed E-state index contributed by atoms with van der Waals surface area (Å²) in [6.45, 7) is 0.421. The van der Waals surface area contributed by atoms with Gasteiger partial charge in [0.25, 0.3) is 0 Å². The van der Waals surface area contributed by atoms with E-state index in [1.54, 1.807) is 18.2 Å². The molecule has 14 heavy (non-hydrogen) atoms. The second kappa shape index (κ2) is 5.63. The maximum absolute atomic E-state index is 5.63. The number of ether oxygens (including phenoxy) is 1. The van der Waals surface area contributed by atoms with E-state index in [1.165, 1.54) is 5.54 Å². The van der Waals surface area contributed by atoms with Crippen LogP contribution in [0.3, 0.4) is 0 Å². The van der Waals surface area contributed by atoms with Gasteiger partial charge in [0, 0.05) is 11.2 Å². The molecule has 1 rings (SSSR count). The zero-order chi connectivity index (χ0) is 10.6. The first-order valence-corrected chi connectivity index (χ1v) is 5.80. The number of nitrogen functional groups attached to an aromatic ring is 1. The molecule has 1 aromatic carbocycles. The summed E-state index contributed by atoms with van der Waals surface area (Å²) in [6, 6.07) is 3.56. The van der Waals surface area contributed by atoms with Crippen LogP contribution in [0, 0.1) is 0 Å². The normalized spacial score (nSPS) is 10.8. The Hall–Kier alpha value is -0.190. The molecule has 0 aliphatic rings. The zero-order valence-corrected chi connectivity index (χ0v) is 11.1. The smallest absolute Gasteiger partial charge is 0.148 e. The topological polar surface area (TPSA) is 35.2 Å². The van der Waals surface area contributed by atoms with Gasteiger partial charge in [-0.1, -0.05) is 11.6 Å². The molecule has 5 heteroatoms. The van der Waals surface area contributed by atoms with Gasteiger partial charge in [0.2, 0.25) is 0 Å². The molecule has 0 saturated heterocycles. The Kier molecular flexibility index (Phi) is 4.78. The Bertz CT molecular complexity index is 332. The molecule has 0 aromatic heterocycles. The molecule has 0 aliphatic carbocycles. The molecule has 0 aliphatic heterocycles. The average Bonchev–Trinajstić information content (AvgIpc) is 2.09. The summed E-state index contributed by atoms with van der Waals surface area (Å²) < 4.78 is 7.07. The molecule has 0 bridgehead atoms. The number of hydrogen-bond acceptors (Lipinski definition) is 2. The number of anilines is 1. The van der Waals surface area contributed by atoms with Crippen LogP contribution in [0.4, 0.5) is 5.69 Å². The summed E-state index contributed by atoms with van der Waals surface area (Å²) in [5.74, 6) is 0.717. The largest absolute Gasteiger partial charge is 0.487 e. The first-order valence-electron chi connectivity index (χ1n) is 3.77. The fourth-order valence-corrected chi connectivity index (χ4v) is 2.41. The van der Waals surface area contributed by atoms with Crippen LogP contribution in [0.1, 0.15) is 0 Å². The van der Waals surface area contributed by atoms with Crippen molar-refractivity contribution in [1.29, 1.82) is 0 Å². The Balaban J connectivity index is 2.85. The molecule has 0 saturated carbocycles. The van der Waals surface area contributed by atoms with Crippen molar-refractivity contribution < 1.29 is 4.74 Å². The maximum atomic E-state index is 5.63. The van der Waals surface area contributed by atoms with Crippen LogP contribution in [0.2, 0.25) is 0 Å². The van der Waals surface area contributed by atoms with Crippen molar-refractivity contribution in [2.24, 2.45) is 0 Å². The minimum atomic E-state index is 0.421. The van der Waals surface area contributed by atoms with Crippen molar-refractivity contribution in [3.63, 3.8) is 0 Å². The average molecular weight is 341 g/mol. The van der Waals surface area contributed by atoms with Crippen LogP contribution in [0.5, 0.6) is 5.75 Å². The highest BCUT2D eigenvalue weighted by atomic mass is 79.9. The maximum Gasteiger partial charge on any atom is 0.148 e. The minimum Gasteiger partial charge on any atom is -0.487 e. The van der Waals surface area contributed by atoms with Gasteiger partial charge >= 0.3 is 0 Å². The number of benzene rings is 1. The highest BCUT2D eigenvalue weighted by Crippen LogP contribution is 2.35. The van der Waals surface area contributed by atoms with Gasteiger partial charge < -0.3 is 10.5 Å². The Labute approximate surface area is 104 Å². The van der Waals surface area contributed by atoms with Crippen LogP contribution >= 0.6 is 43.5 Å². The van der Waals surface area contributed by atoms with E-state index < -0.39 is 0 Å². The van der Waals surface area contributed by atoms with Gasteiger partial charge in [-0.15, -0.1) is 0 Å². The molecule has 0 unspecified atom stereocenters. The summed E-state index contributed by atoms with van der Waals surface area (Å²) >= 11 is 12.1. The molecule has 76 valence electrons. The standard InChI is InChI=1S/C9H8Br2ClNO/c10-7-4-6(13)5-8(11)9(7)14-3-1-2-12/h1-2,4-5H,3,13H2/b2-1+. The van der Waals surface area contributed by atoms with Crippen molar-refractivity contribution in [1.82, 2.24) is 0 Å². The van der Waals surface area contributed by atoms with Crippen molar-refractivity contribution in [2.45, 2.75) is 0 Å². The third-order valence-corrected chi connectivity index (χ3v) is 2.79. The van der Waals surface area contributed by atoms with Crippen molar-refractivity contribution in [3.8, 4) is 5.75 Å². The van der Waals surface area contributed by atoms with Gasteiger partial charge in [-0.3, -0.25) is 0 Å². The lowest BCUT2D eigenvalue weighted by Gasteiger charge is -2.08. The van der Waals surface area contributed by atoms with Crippen LogP contribution in [0.15, 0.2) is 32.7 Å². The molecule has 0 fully saturated rings. The van der Waals surface area contributed by atoms with Gasteiger partial charge in [0.15, 0.2) is 0 Å². The van der Waals surface area contributed by atoms with Crippen LogP contribution in [0.25, 0.3) is 0 Å². The molecule has 1 aromatic rings. The Morgan fingerprint density at radius 2 is 1.93 bits per heavy atom. The van der Waals surface area contributed by atoms with Crippen LogP contribution in [-0.4, -0.2) is 6.61 Å². The summed E-state index contributed by atoms with van der Waals surface area (Å²) in [7, 11) is 0. The molecule has 2 N–H and O–H groups in total. The van der Waals surface area contributed by atoms with Gasteiger partial charge in [-0.2, -0.15) is 0 Å². The van der Waals surface area contributed by atoms with Crippen LogP contribution in [-0.2, 0) is 0 Å². The van der Waals surface area contributed by atoms with E-state index in [0.717, 1.165) is 8.95 Å². The van der Waals surface area contributed by atoms with E-state index in [1.807, 2.05) is 0 Å². The lowest BCUT2D eigenvalue weighted by atomic mass is 10.3. The van der Waals surface area contributed by atoms with E-state index in [4.69, 9.17) is 22.1 Å². The number of rotatable bonds is 3. The monoisotopic (exact) mass is 339 g/mol. The quantitative estimate of drug-likeness (QED) is 0.846. The first kappa shape index (κ1) is 11.9. The highest BCUT2D eigenvalue weighted by Gasteiger charge is 2.06. The third kappa shape index (κ3) is 3.19. The zero-order valence-electron chi connectivity index (χ0n) is 7.14. The molecule has 0 atom stereocenters. The third-order valence-electron chi connectivity index (χ3n) is 1.43. The molecular formula is C9H8Br2ClNO. The summed E-state index contributed by atoms with van der Waals surface area (Å²) in [6.07, 6.45) is 1.71. The molecule has 2 nitrogen and oxygen atoms in total. The molecule has 0 amide bonds. The van der Waals surface area contributed by atoms with E-state index in [-0.39, 0.29) is 0 Å². The number of halogens is 3. The second-order valence-corrected chi connectivity index (χ2v) is 4.45. The second-order valence-electron chi connectivity index (χ2n) is 2.49. The summed E-state index contributed by atoms with van der Waals surface area (Å²) in [4.78, 5) is 0. The summed E-state index contributed by atoms with van der Waals surface area (Å²) in [5, 5.41) is 0. The Morgan fingerprint density at radius 3 is 2.43 bits per heavy atom. The highest BCUT2D eigenvalue weighted by molar-refractivity contribution is 9.11. The van der Waals surface area contributed by atoms with E-state index in [9.17, 15) is 0 Å². The van der Waals surface area contributed by atoms with Gasteiger partial charge in [-0.25, -0.2) is 0 Å². The van der Waals surface area contributed by atoms with Crippen molar-refractivity contribution >= 4 is 49.1 Å². The predicted molar refractivity (Wildman–Crippen MR) is 66.7 cm³/mol. The lowest BCUT2D eigenvalue weighted by molar-refractivity contribution is 0.358. The van der Waals surface area contributed by atoms with Crippen molar-refractivity contribution in [3.05, 3.63) is 32.7 Å². The first-order chi connectivity index (χ1) is 6.65. The molecule has 0 spiro atoms. The minimum absolute atomic E-state index is 0.421. The van der Waals surface area contributed by atoms with Gasteiger partial charge in [-0.05, 0) is 50.1 Å². The number of hydrogen-bond donors (Lipinski definition) is 1. The number of nitrogens with two attached hydrogens (primary N) is 1. The van der Waals surface area contributed by atoms with Crippen LogP contribution < -0.4 is 10.5 Å². The predicted octanol–water partition coefficient (Wildman–Crippen LogP) is 3.93. The van der Waals surface area contributed by atoms with Crippen molar-refractivity contribution in [2.75, 3.05) is 12.3 Å². The SMILES string of the molecule is Nc1cc(Br)c(OC/C=C/Cl)c(Br)c1. The summed E-state index contributed by atoms with van der Waals surface area (Å²) in [5.41, 5.74) is 7.72. The Morgan fingerprint density at radius 1 is 1.36 bits per heavy atom. The van der Waals surface area contributed by atoms with E-state index in [0.29, 0.717) is 18.0 Å². The van der Waals surface area contributed by atoms with E-state index >= 15 is 0 Å².